The molecular weight excluding hydrogens is 380 g/mol. The minimum absolute atomic E-state index is 0.0645. The molecule has 1 aromatic heterocycles. The Labute approximate surface area is 168 Å². The second kappa shape index (κ2) is 8.84. The highest BCUT2D eigenvalue weighted by molar-refractivity contribution is 6.30. The van der Waals surface area contributed by atoms with E-state index in [4.69, 9.17) is 11.6 Å². The number of carbonyl (C=O) groups excluding carboxylic acids is 3. The first-order chi connectivity index (χ1) is 13.4. The van der Waals surface area contributed by atoms with Crippen LogP contribution >= 0.6 is 11.6 Å². The van der Waals surface area contributed by atoms with Crippen molar-refractivity contribution in [1.82, 2.24) is 14.8 Å². The average molecular weight is 401 g/mol. The first-order valence-electron chi connectivity index (χ1n) is 8.89. The van der Waals surface area contributed by atoms with Crippen LogP contribution in [0.5, 0.6) is 0 Å². The highest BCUT2D eigenvalue weighted by atomic mass is 35.5. The van der Waals surface area contributed by atoms with Crippen molar-refractivity contribution in [3.8, 4) is 0 Å². The van der Waals surface area contributed by atoms with E-state index >= 15 is 0 Å². The van der Waals surface area contributed by atoms with Gasteiger partial charge < -0.3 is 15.1 Å². The van der Waals surface area contributed by atoms with Gasteiger partial charge in [0.15, 0.2) is 0 Å². The number of benzene rings is 1. The number of carbonyl (C=O) groups is 3. The molecule has 0 spiro atoms. The number of hydrogen-bond donors (Lipinski definition) is 1. The second-order valence-corrected chi connectivity index (χ2v) is 7.22. The van der Waals surface area contributed by atoms with Gasteiger partial charge in [0.25, 0.3) is 0 Å². The Hall–Kier alpha value is -2.93. The van der Waals surface area contributed by atoms with Crippen molar-refractivity contribution >= 4 is 35.0 Å². The summed E-state index contributed by atoms with van der Waals surface area (Å²) in [4.78, 5) is 44.4. The molecule has 2 heterocycles. The standard InChI is InChI=1S/C20H21ClN4O3/c1-24-12-15(9-19(24)27)20(28)25(11-14-3-2-8-22-10-14)13-18(26)23-17-6-4-16(21)5-7-17/h2-8,10,15H,9,11-13H2,1H3,(H,23,26). The number of anilines is 1. The van der Waals surface area contributed by atoms with Crippen LogP contribution in [0.15, 0.2) is 48.8 Å². The third kappa shape index (κ3) is 5.07. The first kappa shape index (κ1) is 19.8. The molecule has 7 nitrogen and oxygen atoms in total. The summed E-state index contributed by atoms with van der Waals surface area (Å²) in [6.45, 7) is 0.486. The van der Waals surface area contributed by atoms with Crippen LogP contribution < -0.4 is 5.32 Å². The average Bonchev–Trinajstić information content (AvgIpc) is 3.02. The summed E-state index contributed by atoms with van der Waals surface area (Å²) in [6.07, 6.45) is 3.47. The van der Waals surface area contributed by atoms with Gasteiger partial charge in [0.2, 0.25) is 17.7 Å². The molecule has 0 aliphatic carbocycles. The Morgan fingerprint density at radius 3 is 2.64 bits per heavy atom. The van der Waals surface area contributed by atoms with Gasteiger partial charge in [-0.2, -0.15) is 0 Å². The molecule has 1 unspecified atom stereocenters. The maximum Gasteiger partial charge on any atom is 0.244 e. The molecule has 3 rings (SSSR count). The summed E-state index contributed by atoms with van der Waals surface area (Å²) < 4.78 is 0. The van der Waals surface area contributed by atoms with Crippen LogP contribution in [0.2, 0.25) is 5.02 Å². The maximum atomic E-state index is 13.0. The summed E-state index contributed by atoms with van der Waals surface area (Å²) >= 11 is 5.86. The van der Waals surface area contributed by atoms with E-state index in [1.54, 1.807) is 54.7 Å². The largest absolute Gasteiger partial charge is 0.345 e. The minimum Gasteiger partial charge on any atom is -0.345 e. The van der Waals surface area contributed by atoms with E-state index in [2.05, 4.69) is 10.3 Å². The van der Waals surface area contributed by atoms with Crippen molar-refractivity contribution in [2.24, 2.45) is 5.92 Å². The fourth-order valence-corrected chi connectivity index (χ4v) is 3.24. The van der Waals surface area contributed by atoms with E-state index in [1.807, 2.05) is 6.07 Å². The van der Waals surface area contributed by atoms with Crippen LogP contribution in [0.4, 0.5) is 5.69 Å². The molecule has 8 heteroatoms. The minimum atomic E-state index is -0.447. The molecule has 0 bridgehead atoms. The number of likely N-dealkylation sites (tertiary alicyclic amines) is 1. The number of rotatable bonds is 6. The van der Waals surface area contributed by atoms with Gasteiger partial charge in [-0.05, 0) is 35.9 Å². The number of amides is 3. The van der Waals surface area contributed by atoms with Gasteiger partial charge in [-0.25, -0.2) is 0 Å². The highest BCUT2D eigenvalue weighted by Gasteiger charge is 2.35. The first-order valence-corrected chi connectivity index (χ1v) is 9.27. The van der Waals surface area contributed by atoms with Gasteiger partial charge in [-0.3, -0.25) is 19.4 Å². The summed E-state index contributed by atoms with van der Waals surface area (Å²) in [6, 6.07) is 10.4. The number of pyridine rings is 1. The summed E-state index contributed by atoms with van der Waals surface area (Å²) in [5.74, 6) is -1.05. The van der Waals surface area contributed by atoms with E-state index in [0.717, 1.165) is 5.56 Å². The Balaban J connectivity index is 1.71. The number of hydrogen-bond acceptors (Lipinski definition) is 4. The van der Waals surface area contributed by atoms with Crippen molar-refractivity contribution in [3.05, 3.63) is 59.4 Å². The molecule has 1 aliphatic rings. The molecule has 0 saturated carbocycles. The lowest BCUT2D eigenvalue weighted by molar-refractivity contribution is -0.139. The lowest BCUT2D eigenvalue weighted by atomic mass is 10.1. The Morgan fingerprint density at radius 2 is 2.04 bits per heavy atom. The van der Waals surface area contributed by atoms with Gasteiger partial charge in [0, 0.05) is 49.7 Å². The van der Waals surface area contributed by atoms with Crippen LogP contribution in [-0.4, -0.2) is 52.6 Å². The topological polar surface area (TPSA) is 82.6 Å². The van der Waals surface area contributed by atoms with Crippen LogP contribution in [-0.2, 0) is 20.9 Å². The molecule has 1 saturated heterocycles. The van der Waals surface area contributed by atoms with Gasteiger partial charge in [0.05, 0.1) is 5.92 Å². The van der Waals surface area contributed by atoms with Gasteiger partial charge in [0.1, 0.15) is 6.54 Å². The van der Waals surface area contributed by atoms with Crippen molar-refractivity contribution in [1.29, 1.82) is 0 Å². The monoisotopic (exact) mass is 400 g/mol. The molecular formula is C20H21ClN4O3. The highest BCUT2D eigenvalue weighted by Crippen LogP contribution is 2.20. The van der Waals surface area contributed by atoms with Crippen molar-refractivity contribution in [2.45, 2.75) is 13.0 Å². The molecule has 1 aliphatic heterocycles. The van der Waals surface area contributed by atoms with E-state index in [9.17, 15) is 14.4 Å². The second-order valence-electron chi connectivity index (χ2n) is 6.79. The molecule has 3 amide bonds. The smallest absolute Gasteiger partial charge is 0.244 e. The molecule has 1 fully saturated rings. The Bertz CT molecular complexity index is 858. The number of nitrogens with zero attached hydrogens (tertiary/aromatic N) is 3. The number of aromatic nitrogens is 1. The molecule has 0 radical (unpaired) electrons. The molecule has 146 valence electrons. The van der Waals surface area contributed by atoms with Crippen LogP contribution in [0.1, 0.15) is 12.0 Å². The molecule has 1 atom stereocenters. The quantitative estimate of drug-likeness (QED) is 0.805. The van der Waals surface area contributed by atoms with Crippen molar-refractivity contribution in [3.63, 3.8) is 0 Å². The predicted molar refractivity (Wildman–Crippen MR) is 105 cm³/mol. The van der Waals surface area contributed by atoms with Crippen LogP contribution in [0.3, 0.4) is 0 Å². The third-order valence-electron chi connectivity index (χ3n) is 4.56. The van der Waals surface area contributed by atoms with E-state index in [0.29, 0.717) is 17.3 Å². The van der Waals surface area contributed by atoms with E-state index < -0.39 is 5.92 Å². The summed E-state index contributed by atoms with van der Waals surface area (Å²) in [5, 5.41) is 3.33. The van der Waals surface area contributed by atoms with Crippen LogP contribution in [0.25, 0.3) is 0 Å². The lowest BCUT2D eigenvalue weighted by Crippen LogP contribution is -2.41. The van der Waals surface area contributed by atoms with Crippen molar-refractivity contribution in [2.75, 3.05) is 25.5 Å². The van der Waals surface area contributed by atoms with E-state index in [-0.39, 0.29) is 37.2 Å². The van der Waals surface area contributed by atoms with Gasteiger partial charge >= 0.3 is 0 Å². The van der Waals surface area contributed by atoms with Gasteiger partial charge in [-0.15, -0.1) is 0 Å². The zero-order chi connectivity index (χ0) is 20.1. The SMILES string of the molecule is CN1CC(C(=O)N(CC(=O)Nc2ccc(Cl)cc2)Cc2cccnc2)CC1=O. The van der Waals surface area contributed by atoms with Crippen molar-refractivity contribution < 1.29 is 14.4 Å². The normalized spacial score (nSPS) is 16.1. The Morgan fingerprint density at radius 1 is 1.29 bits per heavy atom. The van der Waals surface area contributed by atoms with E-state index in [1.165, 1.54) is 4.90 Å². The number of nitrogens with one attached hydrogen (secondary N) is 1. The fraction of sp³-hybridized carbons (Fsp3) is 0.300. The summed E-state index contributed by atoms with van der Waals surface area (Å²) in [7, 11) is 1.67. The van der Waals surface area contributed by atoms with Gasteiger partial charge in [-0.1, -0.05) is 17.7 Å². The lowest BCUT2D eigenvalue weighted by Gasteiger charge is -2.25. The molecule has 2 aromatic rings. The summed E-state index contributed by atoms with van der Waals surface area (Å²) in [5.41, 5.74) is 1.41. The predicted octanol–water partition coefficient (Wildman–Crippen LogP) is 2.18. The van der Waals surface area contributed by atoms with Crippen LogP contribution in [0, 0.1) is 5.92 Å². The molecule has 1 N–H and O–H groups in total. The maximum absolute atomic E-state index is 13.0. The zero-order valence-electron chi connectivity index (χ0n) is 15.5. The molecule has 1 aromatic carbocycles. The Kier molecular flexibility index (Phi) is 6.26. The fourth-order valence-electron chi connectivity index (χ4n) is 3.12. The third-order valence-corrected chi connectivity index (χ3v) is 4.81. The number of halogens is 1. The molecule has 28 heavy (non-hydrogen) atoms. The zero-order valence-corrected chi connectivity index (χ0v) is 16.2.